The van der Waals surface area contributed by atoms with Gasteiger partial charge in [0.2, 0.25) is 0 Å². The van der Waals surface area contributed by atoms with Crippen LogP contribution in [-0.4, -0.2) is 19.1 Å². The van der Waals surface area contributed by atoms with Gasteiger partial charge in [-0.25, -0.2) is 0 Å². The summed E-state index contributed by atoms with van der Waals surface area (Å²) >= 11 is 0. The molecule has 2 heteroatoms. The number of rotatable bonds is 4. The summed E-state index contributed by atoms with van der Waals surface area (Å²) in [6.07, 6.45) is 8.45. The largest absolute Gasteiger partial charge is 0.329 e. The lowest BCUT2D eigenvalue weighted by molar-refractivity contribution is 0.329. The summed E-state index contributed by atoms with van der Waals surface area (Å²) in [5.41, 5.74) is 5.78. The van der Waals surface area contributed by atoms with Crippen LogP contribution in [0.5, 0.6) is 0 Å². The number of nitrogens with one attached hydrogen (secondary N) is 1. The molecule has 1 saturated carbocycles. The highest BCUT2D eigenvalue weighted by molar-refractivity contribution is 4.78. The molecule has 0 bridgehead atoms. The summed E-state index contributed by atoms with van der Waals surface area (Å²) in [5, 5.41) is 3.50. The quantitative estimate of drug-likeness (QED) is 0.655. The molecule has 0 aromatic carbocycles. The number of nitrogens with two attached hydrogens (primary N) is 1. The lowest BCUT2D eigenvalue weighted by Gasteiger charge is -2.25. The fourth-order valence-electron chi connectivity index (χ4n) is 2.42. The molecule has 2 nitrogen and oxygen atoms in total. The van der Waals surface area contributed by atoms with Crippen LogP contribution in [0.2, 0.25) is 0 Å². The maximum absolute atomic E-state index is 5.78. The molecule has 0 aromatic heterocycles. The Labute approximate surface area is 82.3 Å². The molecule has 0 aliphatic heterocycles. The van der Waals surface area contributed by atoms with E-state index in [1.807, 2.05) is 0 Å². The molecular formula is C11H24N2. The SMILES string of the molecule is CCNC(CN)C1CCCCCC1. The van der Waals surface area contributed by atoms with Crippen molar-refractivity contribution in [2.75, 3.05) is 13.1 Å². The Morgan fingerprint density at radius 2 is 1.85 bits per heavy atom. The Hall–Kier alpha value is -0.0800. The Morgan fingerprint density at radius 3 is 2.31 bits per heavy atom. The summed E-state index contributed by atoms with van der Waals surface area (Å²) in [4.78, 5) is 0. The van der Waals surface area contributed by atoms with Gasteiger partial charge in [-0.05, 0) is 25.3 Å². The van der Waals surface area contributed by atoms with Crippen molar-refractivity contribution in [1.82, 2.24) is 5.32 Å². The predicted octanol–water partition coefficient (Wildman–Crippen LogP) is 1.89. The molecule has 1 aliphatic rings. The van der Waals surface area contributed by atoms with Crippen LogP contribution in [-0.2, 0) is 0 Å². The van der Waals surface area contributed by atoms with Gasteiger partial charge in [-0.2, -0.15) is 0 Å². The standard InChI is InChI=1S/C11H24N2/c1-2-13-11(9-12)10-7-5-3-4-6-8-10/h10-11,13H,2-9,12H2,1H3. The molecule has 1 fully saturated rings. The van der Waals surface area contributed by atoms with Crippen molar-refractivity contribution in [2.45, 2.75) is 51.5 Å². The highest BCUT2D eigenvalue weighted by atomic mass is 14.9. The van der Waals surface area contributed by atoms with Gasteiger partial charge in [-0.15, -0.1) is 0 Å². The van der Waals surface area contributed by atoms with Crippen LogP contribution in [0.3, 0.4) is 0 Å². The Bertz CT molecular complexity index is 117. The summed E-state index contributed by atoms with van der Waals surface area (Å²) in [7, 11) is 0. The van der Waals surface area contributed by atoms with E-state index in [0.717, 1.165) is 19.0 Å². The Kier molecular flexibility index (Phi) is 5.40. The fourth-order valence-corrected chi connectivity index (χ4v) is 2.42. The number of hydrogen-bond donors (Lipinski definition) is 2. The van der Waals surface area contributed by atoms with Gasteiger partial charge < -0.3 is 11.1 Å². The second-order valence-electron chi connectivity index (χ2n) is 4.15. The normalized spacial score (nSPS) is 22.6. The molecule has 3 N–H and O–H groups in total. The first-order chi connectivity index (χ1) is 6.38. The van der Waals surface area contributed by atoms with Crippen LogP contribution in [0, 0.1) is 5.92 Å². The predicted molar refractivity (Wildman–Crippen MR) is 57.7 cm³/mol. The molecule has 0 spiro atoms. The zero-order valence-corrected chi connectivity index (χ0v) is 8.89. The van der Waals surface area contributed by atoms with Gasteiger partial charge in [0.15, 0.2) is 0 Å². The molecular weight excluding hydrogens is 160 g/mol. The van der Waals surface area contributed by atoms with Crippen molar-refractivity contribution in [2.24, 2.45) is 11.7 Å². The molecule has 13 heavy (non-hydrogen) atoms. The highest BCUT2D eigenvalue weighted by Crippen LogP contribution is 2.25. The van der Waals surface area contributed by atoms with Gasteiger partial charge in [-0.3, -0.25) is 0 Å². The van der Waals surface area contributed by atoms with Gasteiger partial charge in [0.1, 0.15) is 0 Å². The maximum atomic E-state index is 5.78. The minimum Gasteiger partial charge on any atom is -0.329 e. The smallest absolute Gasteiger partial charge is 0.0218 e. The van der Waals surface area contributed by atoms with E-state index >= 15 is 0 Å². The van der Waals surface area contributed by atoms with E-state index in [2.05, 4.69) is 12.2 Å². The maximum Gasteiger partial charge on any atom is 0.0218 e. The lowest BCUT2D eigenvalue weighted by Crippen LogP contribution is -2.41. The second-order valence-corrected chi connectivity index (χ2v) is 4.15. The van der Waals surface area contributed by atoms with Gasteiger partial charge in [0.05, 0.1) is 0 Å². The van der Waals surface area contributed by atoms with E-state index in [-0.39, 0.29) is 0 Å². The zero-order chi connectivity index (χ0) is 9.52. The van der Waals surface area contributed by atoms with Crippen molar-refractivity contribution < 1.29 is 0 Å². The third kappa shape index (κ3) is 3.65. The van der Waals surface area contributed by atoms with Crippen LogP contribution in [0.1, 0.15) is 45.4 Å². The average Bonchev–Trinajstić information content (AvgIpc) is 2.42. The summed E-state index contributed by atoms with van der Waals surface area (Å²) in [6, 6.07) is 0.572. The van der Waals surface area contributed by atoms with Crippen molar-refractivity contribution in [1.29, 1.82) is 0 Å². The molecule has 0 amide bonds. The van der Waals surface area contributed by atoms with E-state index in [1.165, 1.54) is 38.5 Å². The highest BCUT2D eigenvalue weighted by Gasteiger charge is 2.20. The first kappa shape index (κ1) is 11.0. The van der Waals surface area contributed by atoms with E-state index in [1.54, 1.807) is 0 Å². The van der Waals surface area contributed by atoms with Gasteiger partial charge in [0, 0.05) is 12.6 Å². The average molecular weight is 184 g/mol. The fraction of sp³-hybridized carbons (Fsp3) is 1.00. The van der Waals surface area contributed by atoms with Crippen LogP contribution < -0.4 is 11.1 Å². The third-order valence-electron chi connectivity index (χ3n) is 3.19. The monoisotopic (exact) mass is 184 g/mol. The zero-order valence-electron chi connectivity index (χ0n) is 8.89. The van der Waals surface area contributed by atoms with E-state index in [9.17, 15) is 0 Å². The molecule has 0 heterocycles. The van der Waals surface area contributed by atoms with Crippen LogP contribution in [0.4, 0.5) is 0 Å². The Balaban J connectivity index is 2.35. The van der Waals surface area contributed by atoms with Crippen molar-refractivity contribution in [3.05, 3.63) is 0 Å². The second kappa shape index (κ2) is 6.39. The molecule has 1 atom stereocenters. The van der Waals surface area contributed by atoms with Crippen molar-refractivity contribution >= 4 is 0 Å². The van der Waals surface area contributed by atoms with Crippen molar-refractivity contribution in [3.8, 4) is 0 Å². The van der Waals surface area contributed by atoms with Gasteiger partial charge in [-0.1, -0.05) is 32.6 Å². The van der Waals surface area contributed by atoms with Crippen LogP contribution >= 0.6 is 0 Å². The van der Waals surface area contributed by atoms with Crippen LogP contribution in [0.25, 0.3) is 0 Å². The van der Waals surface area contributed by atoms with Crippen molar-refractivity contribution in [3.63, 3.8) is 0 Å². The van der Waals surface area contributed by atoms with E-state index < -0.39 is 0 Å². The molecule has 1 aliphatic carbocycles. The molecule has 0 radical (unpaired) electrons. The molecule has 1 unspecified atom stereocenters. The minimum absolute atomic E-state index is 0.572. The summed E-state index contributed by atoms with van der Waals surface area (Å²) < 4.78 is 0. The topological polar surface area (TPSA) is 38.0 Å². The lowest BCUT2D eigenvalue weighted by atomic mass is 9.92. The van der Waals surface area contributed by atoms with E-state index in [0.29, 0.717) is 6.04 Å². The van der Waals surface area contributed by atoms with E-state index in [4.69, 9.17) is 5.73 Å². The number of hydrogen-bond acceptors (Lipinski definition) is 2. The molecule has 0 saturated heterocycles. The van der Waals surface area contributed by atoms with Gasteiger partial charge in [0.25, 0.3) is 0 Å². The summed E-state index contributed by atoms with van der Waals surface area (Å²) in [5.74, 6) is 0.840. The first-order valence-electron chi connectivity index (χ1n) is 5.82. The third-order valence-corrected chi connectivity index (χ3v) is 3.19. The minimum atomic E-state index is 0.572. The Morgan fingerprint density at radius 1 is 1.23 bits per heavy atom. The molecule has 78 valence electrons. The first-order valence-corrected chi connectivity index (χ1v) is 5.82. The molecule has 1 rings (SSSR count). The van der Waals surface area contributed by atoms with Gasteiger partial charge >= 0.3 is 0 Å². The summed E-state index contributed by atoms with van der Waals surface area (Å²) in [6.45, 7) is 4.02. The molecule has 0 aromatic rings. The van der Waals surface area contributed by atoms with Crippen LogP contribution in [0.15, 0.2) is 0 Å². The number of likely N-dealkylation sites (N-methyl/N-ethyl adjacent to an activating group) is 1.